The van der Waals surface area contributed by atoms with E-state index >= 15 is 0 Å². The fourth-order valence-electron chi connectivity index (χ4n) is 2.91. The highest BCUT2D eigenvalue weighted by Crippen LogP contribution is 2.30. The molecule has 3 aromatic rings. The van der Waals surface area contributed by atoms with Gasteiger partial charge in [0.1, 0.15) is 5.75 Å². The number of para-hydroxylation sites is 1. The molecule has 0 aliphatic carbocycles. The van der Waals surface area contributed by atoms with E-state index in [2.05, 4.69) is 15.5 Å². The number of nitrogens with zero attached hydrogens (tertiary/aromatic N) is 3. The summed E-state index contributed by atoms with van der Waals surface area (Å²) in [6.45, 7) is 6.76. The zero-order chi connectivity index (χ0) is 20.1. The Morgan fingerprint density at radius 2 is 1.93 bits per heavy atom. The lowest BCUT2D eigenvalue weighted by Crippen LogP contribution is -2.15. The zero-order valence-corrected chi connectivity index (χ0v) is 17.3. The predicted molar refractivity (Wildman–Crippen MR) is 113 cm³/mol. The molecule has 1 amide bonds. The first-order valence-electron chi connectivity index (χ1n) is 9.10. The summed E-state index contributed by atoms with van der Waals surface area (Å²) in [6, 6.07) is 13.6. The number of nitrogens with one attached hydrogen (secondary N) is 1. The molecular weight excluding hydrogens is 372 g/mol. The maximum absolute atomic E-state index is 12.4. The molecule has 0 bridgehead atoms. The summed E-state index contributed by atoms with van der Waals surface area (Å²) >= 11 is 1.37. The third kappa shape index (κ3) is 4.20. The van der Waals surface area contributed by atoms with E-state index < -0.39 is 0 Å². The predicted octanol–water partition coefficient (Wildman–Crippen LogP) is 4.32. The Bertz CT molecular complexity index is 984. The molecule has 0 saturated heterocycles. The van der Waals surface area contributed by atoms with Crippen molar-refractivity contribution in [3.63, 3.8) is 0 Å². The van der Waals surface area contributed by atoms with Gasteiger partial charge in [0.25, 0.3) is 0 Å². The van der Waals surface area contributed by atoms with Crippen LogP contribution in [0.25, 0.3) is 11.4 Å². The molecule has 0 radical (unpaired) electrons. The summed E-state index contributed by atoms with van der Waals surface area (Å²) in [4.78, 5) is 12.4. The number of amides is 1. The second-order valence-electron chi connectivity index (χ2n) is 6.34. The topological polar surface area (TPSA) is 69.0 Å². The minimum Gasteiger partial charge on any atom is -0.496 e. The first-order chi connectivity index (χ1) is 13.5. The van der Waals surface area contributed by atoms with Crippen molar-refractivity contribution in [2.75, 3.05) is 18.2 Å². The van der Waals surface area contributed by atoms with E-state index in [0.29, 0.717) is 11.7 Å². The Balaban J connectivity index is 1.74. The lowest BCUT2D eigenvalue weighted by atomic mass is 10.1. The van der Waals surface area contributed by atoms with Crippen LogP contribution in [-0.4, -0.2) is 33.5 Å². The number of anilines is 1. The highest BCUT2D eigenvalue weighted by molar-refractivity contribution is 7.99. The van der Waals surface area contributed by atoms with Gasteiger partial charge < -0.3 is 14.6 Å². The number of benzene rings is 2. The van der Waals surface area contributed by atoms with Crippen LogP contribution in [-0.2, 0) is 11.3 Å². The normalized spacial score (nSPS) is 10.7. The van der Waals surface area contributed by atoms with E-state index in [4.69, 9.17) is 4.74 Å². The molecule has 0 unspecified atom stereocenters. The van der Waals surface area contributed by atoms with E-state index in [0.717, 1.165) is 34.0 Å². The largest absolute Gasteiger partial charge is 0.496 e. The molecule has 3 rings (SSSR count). The molecule has 6 nitrogen and oxygen atoms in total. The Morgan fingerprint density at radius 3 is 2.68 bits per heavy atom. The van der Waals surface area contributed by atoms with Crippen LogP contribution >= 0.6 is 11.8 Å². The van der Waals surface area contributed by atoms with Crippen LogP contribution in [0.5, 0.6) is 5.75 Å². The van der Waals surface area contributed by atoms with Crippen LogP contribution in [0.3, 0.4) is 0 Å². The average molecular weight is 397 g/mol. The lowest BCUT2D eigenvalue weighted by molar-refractivity contribution is -0.113. The van der Waals surface area contributed by atoms with Crippen LogP contribution in [0, 0.1) is 13.8 Å². The van der Waals surface area contributed by atoms with Gasteiger partial charge in [-0.25, -0.2) is 0 Å². The average Bonchev–Trinajstić information content (AvgIpc) is 3.12. The summed E-state index contributed by atoms with van der Waals surface area (Å²) in [5, 5.41) is 12.3. The first-order valence-corrected chi connectivity index (χ1v) is 10.1. The Morgan fingerprint density at radius 1 is 1.14 bits per heavy atom. The van der Waals surface area contributed by atoms with Gasteiger partial charge in [-0.3, -0.25) is 4.79 Å². The molecule has 0 saturated carbocycles. The fourth-order valence-corrected chi connectivity index (χ4v) is 3.71. The van der Waals surface area contributed by atoms with E-state index in [-0.39, 0.29) is 11.7 Å². The van der Waals surface area contributed by atoms with Crippen LogP contribution < -0.4 is 10.1 Å². The summed E-state index contributed by atoms with van der Waals surface area (Å²) in [6.07, 6.45) is 0. The van der Waals surface area contributed by atoms with Crippen LogP contribution in [0.4, 0.5) is 5.69 Å². The molecule has 1 aromatic heterocycles. The molecule has 0 aliphatic rings. The van der Waals surface area contributed by atoms with Crippen molar-refractivity contribution < 1.29 is 9.53 Å². The van der Waals surface area contributed by atoms with Crippen molar-refractivity contribution in [3.05, 3.63) is 53.6 Å². The molecule has 146 valence electrons. The number of aromatic nitrogens is 3. The minimum absolute atomic E-state index is 0.0665. The molecule has 0 spiro atoms. The number of hydrogen-bond donors (Lipinski definition) is 1. The molecule has 7 heteroatoms. The number of carbonyl (C=O) groups excluding carboxylic acids is 1. The maximum Gasteiger partial charge on any atom is 0.234 e. The van der Waals surface area contributed by atoms with Crippen molar-refractivity contribution in [1.82, 2.24) is 14.8 Å². The number of rotatable bonds is 7. The van der Waals surface area contributed by atoms with Gasteiger partial charge in [-0.2, -0.15) is 0 Å². The van der Waals surface area contributed by atoms with Gasteiger partial charge in [-0.15, -0.1) is 10.2 Å². The monoisotopic (exact) mass is 396 g/mol. The third-order valence-corrected chi connectivity index (χ3v) is 5.56. The zero-order valence-electron chi connectivity index (χ0n) is 16.5. The quantitative estimate of drug-likeness (QED) is 0.602. The van der Waals surface area contributed by atoms with Gasteiger partial charge in [-0.1, -0.05) is 36.0 Å². The number of hydrogen-bond acceptors (Lipinski definition) is 5. The van der Waals surface area contributed by atoms with Gasteiger partial charge in [-0.05, 0) is 50.1 Å². The Labute approximate surface area is 169 Å². The van der Waals surface area contributed by atoms with Crippen molar-refractivity contribution in [2.24, 2.45) is 0 Å². The molecule has 1 heterocycles. The highest BCUT2D eigenvalue weighted by atomic mass is 32.2. The number of ether oxygens (including phenoxy) is 1. The number of methoxy groups -OCH3 is 1. The summed E-state index contributed by atoms with van der Waals surface area (Å²) < 4.78 is 7.44. The number of carbonyl (C=O) groups is 1. The van der Waals surface area contributed by atoms with E-state index in [1.165, 1.54) is 11.8 Å². The number of thioether (sulfide) groups is 1. The second kappa shape index (κ2) is 8.93. The van der Waals surface area contributed by atoms with Crippen LogP contribution in [0.15, 0.2) is 47.6 Å². The molecule has 1 N–H and O–H groups in total. The standard InChI is InChI=1S/C21H24N4O2S/c1-5-25-20(16-10-6-7-12-18(16)27-4)23-24-21(25)28-13-19(26)22-17-11-8-9-14(2)15(17)3/h6-12H,5,13H2,1-4H3,(H,22,26). The van der Waals surface area contributed by atoms with Gasteiger partial charge >= 0.3 is 0 Å². The van der Waals surface area contributed by atoms with Gasteiger partial charge in [0, 0.05) is 12.2 Å². The Kier molecular flexibility index (Phi) is 6.36. The van der Waals surface area contributed by atoms with Crippen molar-refractivity contribution in [3.8, 4) is 17.1 Å². The molecular formula is C21H24N4O2S. The SMILES string of the molecule is CCn1c(SCC(=O)Nc2cccc(C)c2C)nnc1-c1ccccc1OC. The maximum atomic E-state index is 12.4. The van der Waals surface area contributed by atoms with Crippen molar-refractivity contribution in [2.45, 2.75) is 32.5 Å². The smallest absolute Gasteiger partial charge is 0.234 e. The minimum atomic E-state index is -0.0665. The third-order valence-electron chi connectivity index (χ3n) is 4.59. The van der Waals surface area contributed by atoms with Crippen LogP contribution in [0.1, 0.15) is 18.1 Å². The fraction of sp³-hybridized carbons (Fsp3) is 0.286. The molecule has 0 atom stereocenters. The lowest BCUT2D eigenvalue weighted by Gasteiger charge is -2.11. The van der Waals surface area contributed by atoms with Gasteiger partial charge in [0.05, 0.1) is 18.4 Å². The highest BCUT2D eigenvalue weighted by Gasteiger charge is 2.17. The molecule has 0 fully saturated rings. The molecule has 0 aliphatic heterocycles. The first kappa shape index (κ1) is 19.9. The van der Waals surface area contributed by atoms with Crippen molar-refractivity contribution in [1.29, 1.82) is 0 Å². The van der Waals surface area contributed by atoms with Crippen LogP contribution in [0.2, 0.25) is 0 Å². The van der Waals surface area contributed by atoms with E-state index in [9.17, 15) is 4.79 Å². The second-order valence-corrected chi connectivity index (χ2v) is 7.28. The van der Waals surface area contributed by atoms with Gasteiger partial charge in [0.15, 0.2) is 11.0 Å². The van der Waals surface area contributed by atoms with E-state index in [1.807, 2.05) is 67.8 Å². The van der Waals surface area contributed by atoms with Crippen molar-refractivity contribution >= 4 is 23.4 Å². The summed E-state index contributed by atoms with van der Waals surface area (Å²) in [5.41, 5.74) is 3.96. The summed E-state index contributed by atoms with van der Waals surface area (Å²) in [5.74, 6) is 1.67. The Hall–Kier alpha value is -2.80. The van der Waals surface area contributed by atoms with Gasteiger partial charge in [0.2, 0.25) is 5.91 Å². The summed E-state index contributed by atoms with van der Waals surface area (Å²) in [7, 11) is 1.64. The molecule has 28 heavy (non-hydrogen) atoms. The number of aryl methyl sites for hydroxylation is 1. The van der Waals surface area contributed by atoms with E-state index in [1.54, 1.807) is 7.11 Å². The molecule has 2 aromatic carbocycles.